The van der Waals surface area contributed by atoms with Crippen LogP contribution in [-0.2, 0) is 6.61 Å². The zero-order valence-electron chi connectivity index (χ0n) is 9.31. The van der Waals surface area contributed by atoms with Crippen LogP contribution in [0.25, 0.3) is 0 Å². The first-order chi connectivity index (χ1) is 8.22. The Labute approximate surface area is 106 Å². The van der Waals surface area contributed by atoms with E-state index in [0.717, 1.165) is 16.7 Å². The summed E-state index contributed by atoms with van der Waals surface area (Å²) in [6.45, 7) is -0.0347. The van der Waals surface area contributed by atoms with Gasteiger partial charge in [-0.05, 0) is 28.8 Å². The Hall–Kier alpha value is -1.35. The van der Waals surface area contributed by atoms with E-state index in [1.54, 1.807) is 12.1 Å². The third-order valence-corrected chi connectivity index (χ3v) is 3.01. The summed E-state index contributed by atoms with van der Waals surface area (Å²) < 4.78 is 0. The van der Waals surface area contributed by atoms with Crippen LogP contribution in [0.15, 0.2) is 48.5 Å². The van der Waals surface area contributed by atoms with Crippen molar-refractivity contribution >= 4 is 11.6 Å². The van der Waals surface area contributed by atoms with Crippen molar-refractivity contribution in [1.82, 2.24) is 0 Å². The minimum Gasteiger partial charge on any atom is -0.392 e. The number of nitrogens with two attached hydrogens (primary N) is 1. The maximum Gasteiger partial charge on any atom is 0.0685 e. The Morgan fingerprint density at radius 3 is 2.47 bits per heavy atom. The quantitative estimate of drug-likeness (QED) is 0.876. The first-order valence-corrected chi connectivity index (χ1v) is 5.80. The number of aliphatic hydroxyl groups is 1. The number of rotatable bonds is 3. The maximum absolute atomic E-state index is 9.31. The molecule has 2 rings (SSSR count). The average Bonchev–Trinajstić information content (AvgIpc) is 2.39. The first-order valence-electron chi connectivity index (χ1n) is 5.42. The zero-order valence-corrected chi connectivity index (χ0v) is 10.1. The van der Waals surface area contributed by atoms with E-state index in [-0.39, 0.29) is 12.6 Å². The molecule has 17 heavy (non-hydrogen) atoms. The summed E-state index contributed by atoms with van der Waals surface area (Å²) in [6, 6.07) is 14.9. The van der Waals surface area contributed by atoms with Gasteiger partial charge in [-0.2, -0.15) is 0 Å². The molecule has 0 amide bonds. The fourth-order valence-corrected chi connectivity index (χ4v) is 2.02. The molecular formula is C14H14ClNO. The van der Waals surface area contributed by atoms with Crippen LogP contribution < -0.4 is 5.73 Å². The number of hydrogen-bond donors (Lipinski definition) is 2. The van der Waals surface area contributed by atoms with Crippen molar-refractivity contribution in [3.05, 3.63) is 70.2 Å². The summed E-state index contributed by atoms with van der Waals surface area (Å²) in [6.07, 6.45) is 0. The second-order valence-electron chi connectivity index (χ2n) is 3.89. The Balaban J connectivity index is 2.43. The van der Waals surface area contributed by atoms with Crippen LogP contribution in [0.3, 0.4) is 0 Å². The molecular weight excluding hydrogens is 234 g/mol. The topological polar surface area (TPSA) is 46.2 Å². The molecule has 0 heterocycles. The van der Waals surface area contributed by atoms with E-state index in [1.807, 2.05) is 36.4 Å². The van der Waals surface area contributed by atoms with E-state index in [9.17, 15) is 5.11 Å². The SMILES string of the molecule is NC(c1ccccc1)c1cc(Cl)ccc1CO. The molecule has 0 aliphatic heterocycles. The molecule has 2 nitrogen and oxygen atoms in total. The van der Waals surface area contributed by atoms with Gasteiger partial charge in [0.25, 0.3) is 0 Å². The number of benzene rings is 2. The molecule has 2 aromatic rings. The highest BCUT2D eigenvalue weighted by molar-refractivity contribution is 6.30. The lowest BCUT2D eigenvalue weighted by molar-refractivity contribution is 0.280. The molecule has 0 radical (unpaired) electrons. The molecule has 0 aromatic heterocycles. The van der Waals surface area contributed by atoms with E-state index in [4.69, 9.17) is 17.3 Å². The number of aliphatic hydroxyl groups excluding tert-OH is 1. The van der Waals surface area contributed by atoms with Crippen LogP contribution in [0.5, 0.6) is 0 Å². The standard InChI is InChI=1S/C14H14ClNO/c15-12-7-6-11(9-17)13(8-12)14(16)10-4-2-1-3-5-10/h1-8,14,17H,9,16H2. The normalized spacial score (nSPS) is 12.4. The minimum absolute atomic E-state index is 0.0347. The Bertz CT molecular complexity index is 499. The van der Waals surface area contributed by atoms with Gasteiger partial charge in [0.1, 0.15) is 0 Å². The van der Waals surface area contributed by atoms with E-state index in [1.165, 1.54) is 0 Å². The van der Waals surface area contributed by atoms with E-state index >= 15 is 0 Å². The van der Waals surface area contributed by atoms with Crippen LogP contribution >= 0.6 is 11.6 Å². The molecule has 0 aliphatic rings. The van der Waals surface area contributed by atoms with Gasteiger partial charge in [0.05, 0.1) is 12.6 Å². The van der Waals surface area contributed by atoms with Crippen LogP contribution in [0.4, 0.5) is 0 Å². The Kier molecular flexibility index (Phi) is 3.79. The van der Waals surface area contributed by atoms with Gasteiger partial charge in [0.2, 0.25) is 0 Å². The summed E-state index contributed by atoms with van der Waals surface area (Å²) in [7, 11) is 0. The van der Waals surface area contributed by atoms with Crippen molar-refractivity contribution < 1.29 is 5.11 Å². The van der Waals surface area contributed by atoms with Gasteiger partial charge < -0.3 is 10.8 Å². The lowest BCUT2D eigenvalue weighted by Crippen LogP contribution is -2.14. The lowest BCUT2D eigenvalue weighted by Gasteiger charge is -2.16. The molecule has 0 spiro atoms. The highest BCUT2D eigenvalue weighted by Gasteiger charge is 2.13. The van der Waals surface area contributed by atoms with E-state index in [2.05, 4.69) is 0 Å². The fraction of sp³-hybridized carbons (Fsp3) is 0.143. The Morgan fingerprint density at radius 1 is 1.12 bits per heavy atom. The van der Waals surface area contributed by atoms with Gasteiger partial charge in [0.15, 0.2) is 0 Å². The third-order valence-electron chi connectivity index (χ3n) is 2.77. The van der Waals surface area contributed by atoms with E-state index in [0.29, 0.717) is 5.02 Å². The van der Waals surface area contributed by atoms with Gasteiger partial charge in [-0.25, -0.2) is 0 Å². The van der Waals surface area contributed by atoms with Crippen molar-refractivity contribution in [2.75, 3.05) is 0 Å². The summed E-state index contributed by atoms with van der Waals surface area (Å²) in [4.78, 5) is 0. The first kappa shape index (κ1) is 12.1. The molecule has 3 heteroatoms. The van der Waals surface area contributed by atoms with Crippen LogP contribution in [0.2, 0.25) is 5.02 Å². The second-order valence-corrected chi connectivity index (χ2v) is 4.33. The summed E-state index contributed by atoms with van der Waals surface area (Å²) >= 11 is 5.97. The fourth-order valence-electron chi connectivity index (χ4n) is 1.84. The molecule has 0 aliphatic carbocycles. The number of hydrogen-bond acceptors (Lipinski definition) is 2. The molecule has 0 saturated heterocycles. The van der Waals surface area contributed by atoms with Gasteiger partial charge in [-0.1, -0.05) is 48.0 Å². The second kappa shape index (κ2) is 5.32. The summed E-state index contributed by atoms with van der Waals surface area (Å²) in [5, 5.41) is 9.93. The van der Waals surface area contributed by atoms with Crippen LogP contribution in [0, 0.1) is 0 Å². The van der Waals surface area contributed by atoms with Gasteiger partial charge in [-0.3, -0.25) is 0 Å². The highest BCUT2D eigenvalue weighted by Crippen LogP contribution is 2.25. The minimum atomic E-state index is -0.267. The smallest absolute Gasteiger partial charge is 0.0685 e. The average molecular weight is 248 g/mol. The third kappa shape index (κ3) is 2.67. The van der Waals surface area contributed by atoms with Crippen molar-refractivity contribution in [1.29, 1.82) is 0 Å². The molecule has 3 N–H and O–H groups in total. The van der Waals surface area contributed by atoms with Crippen molar-refractivity contribution in [2.45, 2.75) is 12.6 Å². The van der Waals surface area contributed by atoms with Crippen molar-refractivity contribution in [3.63, 3.8) is 0 Å². The highest BCUT2D eigenvalue weighted by atomic mass is 35.5. The van der Waals surface area contributed by atoms with Gasteiger partial charge >= 0.3 is 0 Å². The zero-order chi connectivity index (χ0) is 12.3. The van der Waals surface area contributed by atoms with Crippen molar-refractivity contribution in [2.24, 2.45) is 5.73 Å². The molecule has 0 fully saturated rings. The van der Waals surface area contributed by atoms with Gasteiger partial charge in [0, 0.05) is 5.02 Å². The molecule has 1 atom stereocenters. The van der Waals surface area contributed by atoms with Crippen LogP contribution in [0.1, 0.15) is 22.7 Å². The Morgan fingerprint density at radius 2 is 1.82 bits per heavy atom. The van der Waals surface area contributed by atoms with Crippen molar-refractivity contribution in [3.8, 4) is 0 Å². The summed E-state index contributed by atoms with van der Waals surface area (Å²) in [5.41, 5.74) is 8.87. The molecule has 2 aromatic carbocycles. The van der Waals surface area contributed by atoms with Gasteiger partial charge in [-0.15, -0.1) is 0 Å². The molecule has 0 bridgehead atoms. The maximum atomic E-state index is 9.31. The predicted molar refractivity (Wildman–Crippen MR) is 69.8 cm³/mol. The molecule has 1 unspecified atom stereocenters. The lowest BCUT2D eigenvalue weighted by atomic mass is 9.95. The molecule has 0 saturated carbocycles. The monoisotopic (exact) mass is 247 g/mol. The predicted octanol–water partition coefficient (Wildman–Crippen LogP) is 2.88. The summed E-state index contributed by atoms with van der Waals surface area (Å²) in [5.74, 6) is 0. The molecule has 88 valence electrons. The van der Waals surface area contributed by atoms with E-state index < -0.39 is 0 Å². The van der Waals surface area contributed by atoms with Crippen LogP contribution in [-0.4, -0.2) is 5.11 Å². The largest absolute Gasteiger partial charge is 0.392 e. The number of halogens is 1.